The second kappa shape index (κ2) is 6.74. The third-order valence-corrected chi connectivity index (χ3v) is 4.21. The molecule has 0 fully saturated rings. The molecule has 0 saturated heterocycles. The Bertz CT molecular complexity index is 516. The Balaban J connectivity index is 2.88. The van der Waals surface area contributed by atoms with Crippen molar-refractivity contribution in [1.82, 2.24) is 4.72 Å². The molecule has 0 amide bonds. The molecule has 108 valence electrons. The smallest absolute Gasteiger partial charge is 0.240 e. The first-order chi connectivity index (χ1) is 8.90. The number of benzene rings is 1. The average molecular weight is 288 g/mol. The Morgan fingerprint density at radius 3 is 2.63 bits per heavy atom. The number of methoxy groups -OCH3 is 2. The molecule has 1 aromatic rings. The number of ether oxygens (including phenoxy) is 2. The van der Waals surface area contributed by atoms with E-state index in [0.717, 1.165) is 0 Å². The third kappa shape index (κ3) is 4.38. The Hall–Kier alpha value is -1.31. The van der Waals surface area contributed by atoms with E-state index in [1.807, 2.05) is 0 Å². The number of hydrogen-bond donors (Lipinski definition) is 2. The van der Waals surface area contributed by atoms with Crippen LogP contribution in [0.4, 0.5) is 5.69 Å². The van der Waals surface area contributed by atoms with Gasteiger partial charge in [-0.15, -0.1) is 0 Å². The lowest BCUT2D eigenvalue weighted by molar-refractivity contribution is 0.188. The molecule has 1 rings (SSSR count). The lowest BCUT2D eigenvalue weighted by Crippen LogP contribution is -2.33. The summed E-state index contributed by atoms with van der Waals surface area (Å²) in [7, 11) is -0.564. The van der Waals surface area contributed by atoms with E-state index in [0.29, 0.717) is 24.5 Å². The zero-order valence-corrected chi connectivity index (χ0v) is 12.2. The highest BCUT2D eigenvalue weighted by Crippen LogP contribution is 2.24. The standard InChI is InChI=1S/C12H20N2O4S/c1-9(6-7-17-2)14-19(15,16)10-4-5-11(13)12(8-10)18-3/h4-5,8-9,14H,6-7,13H2,1-3H3. The summed E-state index contributed by atoms with van der Waals surface area (Å²) in [6.07, 6.45) is 0.599. The van der Waals surface area contributed by atoms with Crippen LogP contribution in [0.2, 0.25) is 0 Å². The van der Waals surface area contributed by atoms with Gasteiger partial charge in [0.2, 0.25) is 10.0 Å². The number of nitrogens with two attached hydrogens (primary N) is 1. The van der Waals surface area contributed by atoms with Gasteiger partial charge in [0.25, 0.3) is 0 Å². The van der Waals surface area contributed by atoms with E-state index in [1.165, 1.54) is 25.3 Å². The van der Waals surface area contributed by atoms with Crippen LogP contribution < -0.4 is 15.2 Å². The molecule has 1 unspecified atom stereocenters. The van der Waals surface area contributed by atoms with Crippen LogP contribution in [0.15, 0.2) is 23.1 Å². The van der Waals surface area contributed by atoms with Gasteiger partial charge in [0.05, 0.1) is 17.7 Å². The number of sulfonamides is 1. The van der Waals surface area contributed by atoms with Crippen LogP contribution in [-0.4, -0.2) is 35.3 Å². The molecule has 7 heteroatoms. The second-order valence-electron chi connectivity index (χ2n) is 4.21. The van der Waals surface area contributed by atoms with E-state index in [9.17, 15) is 8.42 Å². The predicted molar refractivity (Wildman–Crippen MR) is 73.7 cm³/mol. The number of nitrogens with one attached hydrogen (secondary N) is 1. The molecule has 0 radical (unpaired) electrons. The maximum absolute atomic E-state index is 12.1. The predicted octanol–water partition coefficient (Wildman–Crippen LogP) is 0.981. The largest absolute Gasteiger partial charge is 0.495 e. The van der Waals surface area contributed by atoms with Crippen molar-refractivity contribution in [1.29, 1.82) is 0 Å². The number of nitrogen functional groups attached to an aromatic ring is 1. The number of rotatable bonds is 7. The van der Waals surface area contributed by atoms with Crippen LogP contribution in [0.5, 0.6) is 5.75 Å². The van der Waals surface area contributed by atoms with Crippen LogP contribution in [0, 0.1) is 0 Å². The molecule has 0 spiro atoms. The highest BCUT2D eigenvalue weighted by molar-refractivity contribution is 7.89. The van der Waals surface area contributed by atoms with Gasteiger partial charge in [-0.2, -0.15) is 0 Å². The molecule has 0 aliphatic heterocycles. The molecule has 19 heavy (non-hydrogen) atoms. The van der Waals surface area contributed by atoms with Gasteiger partial charge in [0, 0.05) is 25.8 Å². The minimum Gasteiger partial charge on any atom is -0.495 e. The summed E-state index contributed by atoms with van der Waals surface area (Å²) in [5.41, 5.74) is 6.05. The van der Waals surface area contributed by atoms with Crippen LogP contribution in [0.1, 0.15) is 13.3 Å². The van der Waals surface area contributed by atoms with Crippen molar-refractivity contribution in [3.8, 4) is 5.75 Å². The van der Waals surface area contributed by atoms with Gasteiger partial charge < -0.3 is 15.2 Å². The molecule has 0 saturated carbocycles. The Labute approximate surface area is 113 Å². The van der Waals surface area contributed by atoms with E-state index in [4.69, 9.17) is 15.2 Å². The quantitative estimate of drug-likeness (QED) is 0.730. The lowest BCUT2D eigenvalue weighted by Gasteiger charge is -2.14. The van der Waals surface area contributed by atoms with Crippen molar-refractivity contribution < 1.29 is 17.9 Å². The zero-order valence-electron chi connectivity index (χ0n) is 11.3. The summed E-state index contributed by atoms with van der Waals surface area (Å²) < 4.78 is 36.8. The molecule has 6 nitrogen and oxygen atoms in total. The van der Waals surface area contributed by atoms with E-state index in [-0.39, 0.29) is 10.9 Å². The van der Waals surface area contributed by atoms with Gasteiger partial charge in [-0.25, -0.2) is 13.1 Å². The van der Waals surface area contributed by atoms with Crippen LogP contribution in [-0.2, 0) is 14.8 Å². The summed E-state index contributed by atoms with van der Waals surface area (Å²) in [6.45, 7) is 2.28. The van der Waals surface area contributed by atoms with E-state index in [1.54, 1.807) is 14.0 Å². The molecular formula is C12H20N2O4S. The normalized spacial score (nSPS) is 13.2. The van der Waals surface area contributed by atoms with Gasteiger partial charge >= 0.3 is 0 Å². The zero-order chi connectivity index (χ0) is 14.5. The molecule has 0 bridgehead atoms. The highest BCUT2D eigenvalue weighted by atomic mass is 32.2. The molecule has 0 aliphatic carbocycles. The SMILES string of the molecule is COCCC(C)NS(=O)(=O)c1ccc(N)c(OC)c1. The van der Waals surface area contributed by atoms with E-state index >= 15 is 0 Å². The molecule has 0 aliphatic rings. The summed E-state index contributed by atoms with van der Waals surface area (Å²) in [5.74, 6) is 0.340. The van der Waals surface area contributed by atoms with Gasteiger partial charge in [0.15, 0.2) is 0 Å². The fraction of sp³-hybridized carbons (Fsp3) is 0.500. The summed E-state index contributed by atoms with van der Waals surface area (Å²) in [5, 5.41) is 0. The van der Waals surface area contributed by atoms with Gasteiger partial charge in [-0.3, -0.25) is 0 Å². The molecule has 3 N–H and O–H groups in total. The first kappa shape index (κ1) is 15.7. The minimum absolute atomic E-state index is 0.128. The van der Waals surface area contributed by atoms with E-state index in [2.05, 4.69) is 4.72 Å². The first-order valence-electron chi connectivity index (χ1n) is 5.85. The average Bonchev–Trinajstić information content (AvgIpc) is 2.36. The van der Waals surface area contributed by atoms with Crippen molar-refractivity contribution in [3.63, 3.8) is 0 Å². The number of anilines is 1. The van der Waals surface area contributed by atoms with Crippen LogP contribution in [0.25, 0.3) is 0 Å². The van der Waals surface area contributed by atoms with Crippen molar-refractivity contribution in [3.05, 3.63) is 18.2 Å². The summed E-state index contributed by atoms with van der Waals surface area (Å²) in [4.78, 5) is 0.128. The maximum atomic E-state index is 12.1. The highest BCUT2D eigenvalue weighted by Gasteiger charge is 2.18. The van der Waals surface area contributed by atoms with Gasteiger partial charge in [-0.05, 0) is 25.5 Å². The van der Waals surface area contributed by atoms with Crippen LogP contribution in [0.3, 0.4) is 0 Å². The second-order valence-corrected chi connectivity index (χ2v) is 5.92. The molecule has 0 heterocycles. The summed E-state index contributed by atoms with van der Waals surface area (Å²) in [6, 6.07) is 4.14. The topological polar surface area (TPSA) is 90.7 Å². The third-order valence-electron chi connectivity index (χ3n) is 2.63. The Morgan fingerprint density at radius 2 is 2.05 bits per heavy atom. The van der Waals surface area contributed by atoms with Crippen molar-refractivity contribution >= 4 is 15.7 Å². The number of hydrogen-bond acceptors (Lipinski definition) is 5. The Kier molecular flexibility index (Phi) is 5.59. The van der Waals surface area contributed by atoms with Crippen molar-refractivity contribution in [2.75, 3.05) is 26.6 Å². The van der Waals surface area contributed by atoms with Crippen LogP contribution >= 0.6 is 0 Å². The lowest BCUT2D eigenvalue weighted by atomic mass is 10.3. The van der Waals surface area contributed by atoms with Gasteiger partial charge in [-0.1, -0.05) is 0 Å². The fourth-order valence-electron chi connectivity index (χ4n) is 1.55. The minimum atomic E-state index is -3.58. The first-order valence-corrected chi connectivity index (χ1v) is 7.34. The molecule has 1 atom stereocenters. The molecule has 0 aromatic heterocycles. The summed E-state index contributed by atoms with van der Waals surface area (Å²) >= 11 is 0. The van der Waals surface area contributed by atoms with Crippen molar-refractivity contribution in [2.24, 2.45) is 0 Å². The monoisotopic (exact) mass is 288 g/mol. The van der Waals surface area contributed by atoms with E-state index < -0.39 is 10.0 Å². The van der Waals surface area contributed by atoms with Crippen molar-refractivity contribution in [2.45, 2.75) is 24.3 Å². The maximum Gasteiger partial charge on any atom is 0.240 e. The fourth-order valence-corrected chi connectivity index (χ4v) is 2.84. The van der Waals surface area contributed by atoms with Gasteiger partial charge in [0.1, 0.15) is 5.75 Å². The Morgan fingerprint density at radius 1 is 1.37 bits per heavy atom. The molecule has 1 aromatic carbocycles. The molecular weight excluding hydrogens is 268 g/mol.